The van der Waals surface area contributed by atoms with Crippen LogP contribution in [0.5, 0.6) is 11.5 Å². The van der Waals surface area contributed by atoms with E-state index in [9.17, 15) is 13.2 Å². The highest BCUT2D eigenvalue weighted by Gasteiger charge is 2.31. The maximum Gasteiger partial charge on any atom is 0.254 e. The summed E-state index contributed by atoms with van der Waals surface area (Å²) in [5.74, 6) is 0.715. The number of methoxy groups -OCH3 is 2. The van der Waals surface area contributed by atoms with Crippen LogP contribution in [0.1, 0.15) is 10.4 Å². The summed E-state index contributed by atoms with van der Waals surface area (Å²) in [5.41, 5.74) is 1.48. The number of amides is 1. The second kappa shape index (κ2) is 8.00. The molecule has 1 N–H and O–H groups in total. The van der Waals surface area contributed by atoms with Crippen molar-refractivity contribution in [3.63, 3.8) is 0 Å². The van der Waals surface area contributed by atoms with Crippen molar-refractivity contribution in [2.45, 2.75) is 4.90 Å². The summed E-state index contributed by atoms with van der Waals surface area (Å²) in [6.45, 7) is 1.11. The Hall–Kier alpha value is -3.04. The molecule has 1 aliphatic heterocycles. The second-order valence-electron chi connectivity index (χ2n) is 6.99. The van der Waals surface area contributed by atoms with E-state index in [0.29, 0.717) is 30.2 Å². The third-order valence-corrected chi connectivity index (χ3v) is 7.22. The minimum Gasteiger partial charge on any atom is -0.493 e. The summed E-state index contributed by atoms with van der Waals surface area (Å²) in [5, 5.41) is 1.04. The van der Waals surface area contributed by atoms with Crippen LogP contribution in [0, 0.1) is 0 Å². The maximum atomic E-state index is 13.0. The third kappa shape index (κ3) is 3.61. The molecule has 158 valence electrons. The predicted octanol–water partition coefficient (Wildman–Crippen LogP) is 2.33. The predicted molar refractivity (Wildman–Crippen MR) is 113 cm³/mol. The van der Waals surface area contributed by atoms with E-state index in [2.05, 4.69) is 4.98 Å². The maximum absolute atomic E-state index is 13.0. The Labute approximate surface area is 175 Å². The van der Waals surface area contributed by atoms with Crippen molar-refractivity contribution in [2.75, 3.05) is 40.4 Å². The van der Waals surface area contributed by atoms with Crippen LogP contribution in [-0.2, 0) is 10.0 Å². The standard InChI is InChI=1S/C21H23N3O5S/c1-28-19-6-5-17(14-20(19)29-2)30(26,27)24-11-9-23(10-12-24)21(25)16-4-3-15-7-8-22-18(15)13-16/h3-8,13-14,22H,9-12H2,1-2H3. The Morgan fingerprint density at radius 1 is 0.933 bits per heavy atom. The van der Waals surface area contributed by atoms with Crippen LogP contribution in [-0.4, -0.2) is 68.9 Å². The van der Waals surface area contributed by atoms with Gasteiger partial charge in [-0.05, 0) is 35.7 Å². The van der Waals surface area contributed by atoms with Gasteiger partial charge in [0.25, 0.3) is 5.91 Å². The van der Waals surface area contributed by atoms with Crippen LogP contribution in [0.15, 0.2) is 53.6 Å². The van der Waals surface area contributed by atoms with Crippen LogP contribution in [0.3, 0.4) is 0 Å². The van der Waals surface area contributed by atoms with E-state index >= 15 is 0 Å². The van der Waals surface area contributed by atoms with Gasteiger partial charge in [-0.3, -0.25) is 4.79 Å². The number of fused-ring (bicyclic) bond motifs is 1. The number of H-pyrrole nitrogens is 1. The van der Waals surface area contributed by atoms with Gasteiger partial charge < -0.3 is 19.4 Å². The van der Waals surface area contributed by atoms with Crippen LogP contribution in [0.25, 0.3) is 10.9 Å². The highest BCUT2D eigenvalue weighted by molar-refractivity contribution is 7.89. The van der Waals surface area contributed by atoms with Crippen molar-refractivity contribution in [1.82, 2.24) is 14.2 Å². The SMILES string of the molecule is COc1ccc(S(=O)(=O)N2CCN(C(=O)c3ccc4cc[nH]c4c3)CC2)cc1OC. The fourth-order valence-electron chi connectivity index (χ4n) is 3.62. The molecule has 1 aliphatic rings. The van der Waals surface area contributed by atoms with E-state index in [-0.39, 0.29) is 23.9 Å². The molecule has 3 aromatic rings. The molecule has 0 bridgehead atoms. The van der Waals surface area contributed by atoms with Gasteiger partial charge >= 0.3 is 0 Å². The van der Waals surface area contributed by atoms with E-state index in [1.807, 2.05) is 24.4 Å². The molecule has 2 aromatic carbocycles. The Bertz CT molecular complexity index is 1180. The highest BCUT2D eigenvalue weighted by Crippen LogP contribution is 2.31. The number of ether oxygens (including phenoxy) is 2. The molecular formula is C21H23N3O5S. The summed E-state index contributed by atoms with van der Waals surface area (Å²) in [7, 11) is -0.742. The molecule has 30 heavy (non-hydrogen) atoms. The normalized spacial score (nSPS) is 15.3. The zero-order valence-corrected chi connectivity index (χ0v) is 17.6. The van der Waals surface area contributed by atoms with E-state index < -0.39 is 10.0 Å². The van der Waals surface area contributed by atoms with Crippen molar-refractivity contribution in [1.29, 1.82) is 0 Å². The number of rotatable bonds is 5. The number of nitrogens with one attached hydrogen (secondary N) is 1. The molecule has 0 radical (unpaired) electrons. The number of carbonyl (C=O) groups excluding carboxylic acids is 1. The summed E-state index contributed by atoms with van der Waals surface area (Å²) >= 11 is 0. The first-order valence-electron chi connectivity index (χ1n) is 9.52. The lowest BCUT2D eigenvalue weighted by molar-refractivity contribution is 0.0698. The molecule has 0 atom stereocenters. The number of aromatic amines is 1. The molecule has 4 rings (SSSR count). The van der Waals surface area contributed by atoms with Crippen LogP contribution in [0.2, 0.25) is 0 Å². The first kappa shape index (κ1) is 20.2. The van der Waals surface area contributed by atoms with Gasteiger partial charge in [-0.2, -0.15) is 4.31 Å². The number of hydrogen-bond acceptors (Lipinski definition) is 5. The van der Waals surface area contributed by atoms with Crippen LogP contribution < -0.4 is 9.47 Å². The molecule has 1 amide bonds. The molecule has 9 heteroatoms. The van der Waals surface area contributed by atoms with Gasteiger partial charge in [0.15, 0.2) is 11.5 Å². The van der Waals surface area contributed by atoms with Gasteiger partial charge in [-0.15, -0.1) is 0 Å². The van der Waals surface area contributed by atoms with E-state index in [0.717, 1.165) is 10.9 Å². The molecular weight excluding hydrogens is 406 g/mol. The number of carbonyl (C=O) groups is 1. The topological polar surface area (TPSA) is 91.9 Å². The summed E-state index contributed by atoms with van der Waals surface area (Å²) < 4.78 is 37.9. The van der Waals surface area contributed by atoms with Crippen molar-refractivity contribution in [3.8, 4) is 11.5 Å². The fourth-order valence-corrected chi connectivity index (χ4v) is 5.06. The molecule has 1 aromatic heterocycles. The van der Waals surface area contributed by atoms with E-state index in [4.69, 9.17) is 9.47 Å². The van der Waals surface area contributed by atoms with Gasteiger partial charge in [0.05, 0.1) is 19.1 Å². The van der Waals surface area contributed by atoms with E-state index in [1.54, 1.807) is 17.0 Å². The third-order valence-electron chi connectivity index (χ3n) is 5.32. The lowest BCUT2D eigenvalue weighted by Crippen LogP contribution is -2.50. The largest absolute Gasteiger partial charge is 0.493 e. The summed E-state index contributed by atoms with van der Waals surface area (Å²) in [6, 6.07) is 12.0. The van der Waals surface area contributed by atoms with E-state index in [1.165, 1.54) is 30.7 Å². The average Bonchev–Trinajstić information content (AvgIpc) is 3.26. The number of nitrogens with zero attached hydrogens (tertiary/aromatic N) is 2. The highest BCUT2D eigenvalue weighted by atomic mass is 32.2. The average molecular weight is 429 g/mol. The Balaban J connectivity index is 1.47. The number of sulfonamides is 1. The molecule has 0 unspecified atom stereocenters. The number of piperazine rings is 1. The van der Waals surface area contributed by atoms with Crippen molar-refractivity contribution >= 4 is 26.8 Å². The first-order chi connectivity index (χ1) is 14.4. The van der Waals surface area contributed by atoms with Crippen molar-refractivity contribution < 1.29 is 22.7 Å². The number of benzene rings is 2. The lowest BCUT2D eigenvalue weighted by Gasteiger charge is -2.34. The number of hydrogen-bond donors (Lipinski definition) is 1. The minimum atomic E-state index is -3.70. The second-order valence-corrected chi connectivity index (χ2v) is 8.93. The summed E-state index contributed by atoms with van der Waals surface area (Å²) in [4.78, 5) is 17.8. The Morgan fingerprint density at radius 3 is 2.37 bits per heavy atom. The van der Waals surface area contributed by atoms with Gasteiger partial charge in [0.1, 0.15) is 0 Å². The van der Waals surface area contributed by atoms with Crippen LogP contribution in [0.4, 0.5) is 0 Å². The lowest BCUT2D eigenvalue weighted by atomic mass is 10.1. The van der Waals surface area contributed by atoms with Crippen molar-refractivity contribution in [2.24, 2.45) is 0 Å². The molecule has 1 saturated heterocycles. The quantitative estimate of drug-likeness (QED) is 0.672. The number of aromatic nitrogens is 1. The molecule has 0 saturated carbocycles. The smallest absolute Gasteiger partial charge is 0.254 e. The van der Waals surface area contributed by atoms with Crippen molar-refractivity contribution in [3.05, 3.63) is 54.2 Å². The van der Waals surface area contributed by atoms with Gasteiger partial charge in [-0.1, -0.05) is 6.07 Å². The minimum absolute atomic E-state index is 0.102. The van der Waals surface area contributed by atoms with Crippen LogP contribution >= 0.6 is 0 Å². The fraction of sp³-hybridized carbons (Fsp3) is 0.286. The first-order valence-corrected chi connectivity index (χ1v) is 11.0. The Morgan fingerprint density at radius 2 is 1.67 bits per heavy atom. The van der Waals surface area contributed by atoms with Gasteiger partial charge in [-0.25, -0.2) is 8.42 Å². The molecule has 0 aliphatic carbocycles. The van der Waals surface area contributed by atoms with Gasteiger partial charge in [0, 0.05) is 49.5 Å². The molecule has 2 heterocycles. The zero-order chi connectivity index (χ0) is 21.3. The molecule has 0 spiro atoms. The zero-order valence-electron chi connectivity index (χ0n) is 16.8. The summed E-state index contributed by atoms with van der Waals surface area (Å²) in [6.07, 6.45) is 1.83. The monoisotopic (exact) mass is 429 g/mol. The molecule has 8 nitrogen and oxygen atoms in total. The molecule has 1 fully saturated rings. The Kier molecular flexibility index (Phi) is 5.40. The van der Waals surface area contributed by atoms with Gasteiger partial charge in [0.2, 0.25) is 10.0 Å².